The number of rotatable bonds is 9. The molecule has 0 saturated heterocycles. The number of aromatic nitrogens is 2. The molecule has 118 valence electrons. The van der Waals surface area contributed by atoms with E-state index in [1.165, 1.54) is 0 Å². The molecule has 3 N–H and O–H groups in total. The van der Waals surface area contributed by atoms with Crippen LogP contribution < -0.4 is 10.6 Å². The number of hydrogen-bond acceptors (Lipinski definition) is 5. The molecule has 1 aromatic rings. The minimum Gasteiger partial charge on any atom is -0.367 e. The number of hydrogen-bond donors (Lipinski definition) is 3. The molecule has 0 saturated carbocycles. The van der Waals surface area contributed by atoms with Crippen molar-refractivity contribution >= 4 is 0 Å². The fourth-order valence-corrected chi connectivity index (χ4v) is 1.54. The van der Waals surface area contributed by atoms with E-state index in [4.69, 9.17) is 0 Å². The summed E-state index contributed by atoms with van der Waals surface area (Å²) in [5.74, 6) is -0.253. The predicted molar refractivity (Wildman–Crippen MR) is 68.7 cm³/mol. The number of nitrogens with zero attached hydrogens (tertiary/aromatic N) is 2. The molecule has 7 nitrogen and oxygen atoms in total. The lowest BCUT2D eigenvalue weighted by Gasteiger charge is -2.12. The van der Waals surface area contributed by atoms with Crippen molar-refractivity contribution in [2.45, 2.75) is 25.4 Å². The maximum Gasteiger partial charge on any atom is 0.405 e. The summed E-state index contributed by atoms with van der Waals surface area (Å²) in [4.78, 5) is 16.4. The van der Waals surface area contributed by atoms with Crippen molar-refractivity contribution in [3.05, 3.63) is 40.4 Å². The molecular formula is C11H16F3N5O2. The van der Waals surface area contributed by atoms with Gasteiger partial charge in [0.1, 0.15) is 6.54 Å². The number of imidazole rings is 1. The first-order chi connectivity index (χ1) is 9.87. The standard InChI is InChI=1S/C11H16F3N5O2/c12-11(13,14)7-17-10(6-19(20)21)16-4-2-1-3-9-5-15-8-18-9/h5-6,8,16-17H,1-4,7H2,(H,15,18)/b10-6+. The van der Waals surface area contributed by atoms with E-state index < -0.39 is 17.6 Å². The Bertz CT molecular complexity index is 459. The van der Waals surface area contributed by atoms with E-state index in [2.05, 4.69) is 15.3 Å². The fraction of sp³-hybridized carbons (Fsp3) is 0.545. The Morgan fingerprint density at radius 3 is 2.76 bits per heavy atom. The minimum atomic E-state index is -4.43. The predicted octanol–water partition coefficient (Wildman–Crippen LogP) is 1.55. The van der Waals surface area contributed by atoms with Gasteiger partial charge in [0.15, 0.2) is 5.82 Å². The highest BCUT2D eigenvalue weighted by Gasteiger charge is 2.27. The number of aryl methyl sites for hydroxylation is 1. The Balaban J connectivity index is 2.27. The Morgan fingerprint density at radius 1 is 1.43 bits per heavy atom. The quantitative estimate of drug-likeness (QED) is 0.365. The van der Waals surface area contributed by atoms with Gasteiger partial charge in [-0.1, -0.05) is 0 Å². The van der Waals surface area contributed by atoms with Crippen molar-refractivity contribution in [3.63, 3.8) is 0 Å². The Morgan fingerprint density at radius 2 is 2.19 bits per heavy atom. The van der Waals surface area contributed by atoms with Crippen LogP contribution in [-0.2, 0) is 6.42 Å². The minimum absolute atomic E-state index is 0.253. The summed E-state index contributed by atoms with van der Waals surface area (Å²) in [6.45, 7) is -0.998. The van der Waals surface area contributed by atoms with Crippen LogP contribution in [0.5, 0.6) is 0 Å². The third kappa shape index (κ3) is 8.50. The summed E-state index contributed by atoms with van der Waals surface area (Å²) in [5.41, 5.74) is 0.895. The molecule has 1 rings (SSSR count). The molecule has 0 spiro atoms. The van der Waals surface area contributed by atoms with Gasteiger partial charge in [-0.15, -0.1) is 0 Å². The van der Waals surface area contributed by atoms with Crippen LogP contribution in [0, 0.1) is 10.1 Å². The zero-order chi connectivity index (χ0) is 15.7. The lowest BCUT2D eigenvalue weighted by molar-refractivity contribution is -0.404. The Hall–Kier alpha value is -2.26. The highest BCUT2D eigenvalue weighted by molar-refractivity contribution is 4.95. The lowest BCUT2D eigenvalue weighted by atomic mass is 10.2. The number of halogens is 3. The third-order valence-corrected chi connectivity index (χ3v) is 2.44. The van der Waals surface area contributed by atoms with Gasteiger partial charge in [-0.2, -0.15) is 13.2 Å². The number of nitrogens with one attached hydrogen (secondary N) is 3. The molecule has 0 fully saturated rings. The van der Waals surface area contributed by atoms with Crippen molar-refractivity contribution in [1.82, 2.24) is 20.6 Å². The zero-order valence-electron chi connectivity index (χ0n) is 11.1. The van der Waals surface area contributed by atoms with Gasteiger partial charge in [0.05, 0.1) is 16.9 Å². The normalized spacial score (nSPS) is 12.2. The topological polar surface area (TPSA) is 95.9 Å². The molecule has 0 aliphatic carbocycles. The fourth-order valence-electron chi connectivity index (χ4n) is 1.54. The summed E-state index contributed by atoms with van der Waals surface area (Å²) < 4.78 is 36.2. The maximum atomic E-state index is 12.1. The first-order valence-electron chi connectivity index (χ1n) is 6.24. The number of unbranched alkanes of at least 4 members (excludes halogenated alkanes) is 1. The molecule has 21 heavy (non-hydrogen) atoms. The maximum absolute atomic E-state index is 12.1. The van der Waals surface area contributed by atoms with Crippen molar-refractivity contribution in [1.29, 1.82) is 0 Å². The molecule has 0 radical (unpaired) electrons. The molecular weight excluding hydrogens is 291 g/mol. The lowest BCUT2D eigenvalue weighted by Crippen LogP contribution is -2.35. The summed E-state index contributed by atoms with van der Waals surface area (Å²) in [5, 5.41) is 14.9. The number of aromatic amines is 1. The summed E-state index contributed by atoms with van der Waals surface area (Å²) in [6, 6.07) is 0. The van der Waals surface area contributed by atoms with Gasteiger partial charge < -0.3 is 15.6 Å². The van der Waals surface area contributed by atoms with E-state index in [9.17, 15) is 23.3 Å². The molecule has 0 unspecified atom stereocenters. The first kappa shape index (κ1) is 16.8. The molecule has 1 aromatic heterocycles. The second kappa shape index (κ2) is 8.12. The summed E-state index contributed by atoms with van der Waals surface area (Å²) >= 11 is 0. The van der Waals surface area contributed by atoms with Crippen molar-refractivity contribution in [3.8, 4) is 0 Å². The summed E-state index contributed by atoms with van der Waals surface area (Å²) in [6.07, 6.45) is 1.52. The number of nitro groups is 1. The van der Waals surface area contributed by atoms with E-state index >= 15 is 0 Å². The monoisotopic (exact) mass is 307 g/mol. The number of alkyl halides is 3. The largest absolute Gasteiger partial charge is 0.405 e. The van der Waals surface area contributed by atoms with E-state index in [1.54, 1.807) is 12.5 Å². The Labute approximate surface area is 118 Å². The van der Waals surface area contributed by atoms with Crippen LogP contribution in [0.3, 0.4) is 0 Å². The second-order valence-corrected chi connectivity index (χ2v) is 4.24. The molecule has 0 aliphatic rings. The van der Waals surface area contributed by atoms with Gasteiger partial charge in [-0.05, 0) is 19.3 Å². The van der Waals surface area contributed by atoms with Gasteiger partial charge >= 0.3 is 6.18 Å². The molecule has 0 aliphatic heterocycles. The van der Waals surface area contributed by atoms with E-state index in [-0.39, 0.29) is 5.82 Å². The van der Waals surface area contributed by atoms with Crippen LogP contribution in [0.15, 0.2) is 24.5 Å². The van der Waals surface area contributed by atoms with E-state index in [0.717, 1.165) is 18.5 Å². The highest BCUT2D eigenvalue weighted by Crippen LogP contribution is 2.12. The van der Waals surface area contributed by atoms with Crippen molar-refractivity contribution < 1.29 is 18.1 Å². The van der Waals surface area contributed by atoms with Crippen molar-refractivity contribution in [2.75, 3.05) is 13.1 Å². The molecule has 0 bridgehead atoms. The third-order valence-electron chi connectivity index (χ3n) is 2.44. The van der Waals surface area contributed by atoms with Crippen LogP contribution in [0.2, 0.25) is 0 Å². The average Bonchev–Trinajstić information content (AvgIpc) is 2.86. The highest BCUT2D eigenvalue weighted by atomic mass is 19.4. The van der Waals surface area contributed by atoms with Gasteiger partial charge in [-0.25, -0.2) is 4.98 Å². The van der Waals surface area contributed by atoms with Gasteiger partial charge in [0, 0.05) is 12.7 Å². The first-order valence-corrected chi connectivity index (χ1v) is 6.24. The molecule has 0 amide bonds. The van der Waals surface area contributed by atoms with E-state index in [1.807, 2.05) is 5.32 Å². The molecule has 0 aromatic carbocycles. The summed E-state index contributed by atoms with van der Waals surface area (Å²) in [7, 11) is 0. The second-order valence-electron chi connectivity index (χ2n) is 4.24. The van der Waals surface area contributed by atoms with Crippen LogP contribution >= 0.6 is 0 Å². The smallest absolute Gasteiger partial charge is 0.367 e. The van der Waals surface area contributed by atoms with Crippen LogP contribution in [0.25, 0.3) is 0 Å². The van der Waals surface area contributed by atoms with E-state index in [0.29, 0.717) is 19.2 Å². The van der Waals surface area contributed by atoms with Crippen LogP contribution in [-0.4, -0.2) is 34.2 Å². The Kier molecular flexibility index (Phi) is 6.50. The van der Waals surface area contributed by atoms with Gasteiger partial charge in [0.25, 0.3) is 6.20 Å². The van der Waals surface area contributed by atoms with Crippen molar-refractivity contribution in [2.24, 2.45) is 0 Å². The molecule has 10 heteroatoms. The SMILES string of the molecule is O=[N+]([O-])/C=C(\NCCCCc1c[nH]cn1)NCC(F)(F)F. The van der Waals surface area contributed by atoms with Crippen LogP contribution in [0.4, 0.5) is 13.2 Å². The molecule has 0 atom stereocenters. The average molecular weight is 307 g/mol. The molecule has 1 heterocycles. The van der Waals surface area contributed by atoms with Crippen LogP contribution in [0.1, 0.15) is 18.5 Å². The zero-order valence-corrected chi connectivity index (χ0v) is 11.1. The number of H-pyrrole nitrogens is 1. The van der Waals surface area contributed by atoms with Gasteiger partial charge in [-0.3, -0.25) is 10.1 Å². The van der Waals surface area contributed by atoms with Gasteiger partial charge in [0.2, 0.25) is 0 Å².